The molecular weight excluding hydrogens is 352 g/mol. The maximum absolute atomic E-state index is 13.2. The first kappa shape index (κ1) is 18.5. The maximum Gasteiger partial charge on any atom is 0.255 e. The molecule has 2 N–H and O–H groups in total. The van der Waals surface area contributed by atoms with Crippen molar-refractivity contribution in [3.63, 3.8) is 0 Å². The zero-order valence-corrected chi connectivity index (χ0v) is 16.8. The van der Waals surface area contributed by atoms with Crippen molar-refractivity contribution in [1.29, 1.82) is 0 Å². The van der Waals surface area contributed by atoms with E-state index in [-0.39, 0.29) is 5.91 Å². The van der Waals surface area contributed by atoms with E-state index in [1.807, 2.05) is 49.8 Å². The number of carbonyl (C=O) groups is 1. The van der Waals surface area contributed by atoms with E-state index >= 15 is 0 Å². The number of nitrogens with one attached hydrogen (secondary N) is 2. The summed E-state index contributed by atoms with van der Waals surface area (Å²) in [4.78, 5) is 13.2. The largest absolute Gasteiger partial charge is 0.491 e. The van der Waals surface area contributed by atoms with Crippen LogP contribution in [0.25, 0.3) is 10.9 Å². The van der Waals surface area contributed by atoms with E-state index in [0.717, 1.165) is 34.3 Å². The molecule has 1 aliphatic heterocycles. The summed E-state index contributed by atoms with van der Waals surface area (Å²) in [5.41, 5.74) is 4.02. The van der Waals surface area contributed by atoms with E-state index < -0.39 is 5.54 Å². The number of fused-ring (bicyclic) bond motifs is 2. The van der Waals surface area contributed by atoms with Crippen LogP contribution in [0.1, 0.15) is 41.0 Å². The van der Waals surface area contributed by atoms with Crippen LogP contribution in [0.3, 0.4) is 0 Å². The lowest BCUT2D eigenvalue weighted by molar-refractivity contribution is 0.0906. The minimum absolute atomic E-state index is 0.157. The minimum Gasteiger partial charge on any atom is -0.491 e. The third-order valence-electron chi connectivity index (χ3n) is 5.27. The molecule has 0 bridgehead atoms. The number of amides is 1. The van der Waals surface area contributed by atoms with Gasteiger partial charge in [0, 0.05) is 31.1 Å². The van der Waals surface area contributed by atoms with Gasteiger partial charge in [-0.15, -0.1) is 0 Å². The van der Waals surface area contributed by atoms with E-state index in [9.17, 15) is 4.79 Å². The predicted octanol–water partition coefficient (Wildman–Crippen LogP) is 3.03. The van der Waals surface area contributed by atoms with E-state index in [1.165, 1.54) is 0 Å². The number of nitrogens with zero attached hydrogens (tertiary/aromatic N) is 2. The highest BCUT2D eigenvalue weighted by Crippen LogP contribution is 2.31. The molecule has 1 aliphatic rings. The van der Waals surface area contributed by atoms with Gasteiger partial charge in [-0.25, -0.2) is 0 Å². The molecule has 1 aromatic heterocycles. The van der Waals surface area contributed by atoms with Crippen LogP contribution < -0.4 is 15.4 Å². The van der Waals surface area contributed by atoms with Gasteiger partial charge in [0.1, 0.15) is 12.4 Å². The van der Waals surface area contributed by atoms with Crippen molar-refractivity contribution in [3.05, 3.63) is 58.8 Å². The van der Waals surface area contributed by atoms with Gasteiger partial charge in [-0.3, -0.25) is 9.48 Å². The van der Waals surface area contributed by atoms with Gasteiger partial charge < -0.3 is 15.4 Å². The third-order valence-corrected chi connectivity index (χ3v) is 5.27. The highest BCUT2D eigenvalue weighted by atomic mass is 16.5. The highest BCUT2D eigenvalue weighted by Gasteiger charge is 2.30. The quantitative estimate of drug-likeness (QED) is 0.735. The lowest BCUT2D eigenvalue weighted by Crippen LogP contribution is -2.41. The van der Waals surface area contributed by atoms with Crippen molar-refractivity contribution in [2.24, 2.45) is 7.05 Å². The van der Waals surface area contributed by atoms with Gasteiger partial charge in [0.25, 0.3) is 5.91 Å². The monoisotopic (exact) mass is 378 g/mol. The summed E-state index contributed by atoms with van der Waals surface area (Å²) in [5, 5.41) is 12.3. The molecule has 0 saturated heterocycles. The van der Waals surface area contributed by atoms with Crippen LogP contribution in [-0.4, -0.2) is 28.8 Å². The van der Waals surface area contributed by atoms with E-state index in [1.54, 1.807) is 0 Å². The highest BCUT2D eigenvalue weighted by molar-refractivity contribution is 5.98. The van der Waals surface area contributed by atoms with Crippen LogP contribution in [0.2, 0.25) is 0 Å². The molecule has 0 aliphatic carbocycles. The van der Waals surface area contributed by atoms with Gasteiger partial charge in [0.15, 0.2) is 0 Å². The Labute approximate surface area is 164 Å². The second kappa shape index (κ2) is 6.95. The van der Waals surface area contributed by atoms with E-state index in [4.69, 9.17) is 9.84 Å². The Morgan fingerprint density at radius 2 is 2.04 bits per heavy atom. The normalized spacial score (nSPS) is 14.3. The fourth-order valence-corrected chi connectivity index (χ4v) is 3.93. The first-order chi connectivity index (χ1) is 13.4. The fraction of sp³-hybridized carbons (Fsp3) is 0.364. The lowest BCUT2D eigenvalue weighted by atomic mass is 9.95. The molecule has 0 unspecified atom stereocenters. The van der Waals surface area contributed by atoms with Crippen molar-refractivity contribution in [1.82, 2.24) is 20.4 Å². The summed E-state index contributed by atoms with van der Waals surface area (Å²) in [6.45, 7) is 8.05. The Morgan fingerprint density at radius 1 is 1.25 bits per heavy atom. The molecule has 2 aromatic carbocycles. The third kappa shape index (κ3) is 3.14. The van der Waals surface area contributed by atoms with Crippen LogP contribution in [0.4, 0.5) is 0 Å². The Hall–Kier alpha value is -2.86. The molecule has 146 valence electrons. The Kier molecular flexibility index (Phi) is 4.59. The molecule has 4 rings (SSSR count). The minimum atomic E-state index is -0.643. The van der Waals surface area contributed by atoms with Crippen LogP contribution in [-0.2, 0) is 19.1 Å². The van der Waals surface area contributed by atoms with Gasteiger partial charge in [0.2, 0.25) is 0 Å². The average Bonchev–Trinajstić information content (AvgIpc) is 2.85. The summed E-state index contributed by atoms with van der Waals surface area (Å²) in [5.74, 6) is 0.512. The molecule has 0 atom stereocenters. The Balaban J connectivity index is 1.70. The summed E-state index contributed by atoms with van der Waals surface area (Å²) in [6.07, 6.45) is 0. The zero-order chi connectivity index (χ0) is 19.9. The molecule has 28 heavy (non-hydrogen) atoms. The zero-order valence-electron chi connectivity index (χ0n) is 16.8. The predicted molar refractivity (Wildman–Crippen MR) is 110 cm³/mol. The molecule has 6 nitrogen and oxygen atoms in total. The van der Waals surface area contributed by atoms with Crippen molar-refractivity contribution in [3.8, 4) is 5.75 Å². The first-order valence-corrected chi connectivity index (χ1v) is 9.59. The second-order valence-corrected chi connectivity index (χ2v) is 7.84. The molecule has 0 spiro atoms. The Bertz CT molecular complexity index is 1050. The molecule has 0 saturated carbocycles. The van der Waals surface area contributed by atoms with Crippen LogP contribution >= 0.6 is 0 Å². The molecule has 2 heterocycles. The number of rotatable bonds is 3. The smallest absolute Gasteiger partial charge is 0.255 e. The molecule has 6 heteroatoms. The molecule has 0 fully saturated rings. The number of aryl methyl sites for hydroxylation is 2. The Morgan fingerprint density at radius 3 is 2.86 bits per heavy atom. The van der Waals surface area contributed by atoms with Crippen LogP contribution in [0.15, 0.2) is 36.4 Å². The number of hydrogen-bond donors (Lipinski definition) is 2. The molecule has 3 aromatic rings. The second-order valence-electron chi connectivity index (χ2n) is 7.84. The number of benzene rings is 2. The van der Waals surface area contributed by atoms with Gasteiger partial charge in [-0.1, -0.05) is 30.3 Å². The lowest BCUT2D eigenvalue weighted by Gasteiger charge is -2.25. The topological polar surface area (TPSA) is 68.2 Å². The SMILES string of the molecule is Cc1cccc2c(C(C)(C)NC(=O)c3cccc4c3OCCNC4)nn(C)c12. The maximum atomic E-state index is 13.2. The summed E-state index contributed by atoms with van der Waals surface area (Å²) < 4.78 is 7.75. The van der Waals surface area contributed by atoms with Crippen molar-refractivity contribution >= 4 is 16.8 Å². The van der Waals surface area contributed by atoms with Crippen molar-refractivity contribution in [2.45, 2.75) is 32.9 Å². The van der Waals surface area contributed by atoms with Crippen LogP contribution in [0, 0.1) is 6.92 Å². The molecular formula is C22H26N4O2. The van der Waals surface area contributed by atoms with Gasteiger partial charge in [-0.05, 0) is 32.4 Å². The van der Waals surface area contributed by atoms with Crippen molar-refractivity contribution < 1.29 is 9.53 Å². The van der Waals surface area contributed by atoms with Crippen molar-refractivity contribution in [2.75, 3.05) is 13.2 Å². The number of aromatic nitrogens is 2. The summed E-state index contributed by atoms with van der Waals surface area (Å²) >= 11 is 0. The van der Waals surface area contributed by atoms with Gasteiger partial charge >= 0.3 is 0 Å². The van der Waals surface area contributed by atoms with Gasteiger partial charge in [0.05, 0.1) is 22.3 Å². The van der Waals surface area contributed by atoms with E-state index in [2.05, 4.69) is 29.7 Å². The molecule has 0 radical (unpaired) electrons. The number of para-hydroxylation sites is 2. The summed E-state index contributed by atoms with van der Waals surface area (Å²) in [6, 6.07) is 11.9. The first-order valence-electron chi connectivity index (χ1n) is 9.59. The van der Waals surface area contributed by atoms with Crippen LogP contribution in [0.5, 0.6) is 5.75 Å². The van der Waals surface area contributed by atoms with E-state index in [0.29, 0.717) is 24.5 Å². The van der Waals surface area contributed by atoms with Gasteiger partial charge in [-0.2, -0.15) is 5.10 Å². The molecule has 1 amide bonds. The average molecular weight is 378 g/mol. The number of ether oxygens (including phenoxy) is 1. The number of hydrogen-bond acceptors (Lipinski definition) is 4. The standard InChI is InChI=1S/C22H26N4O2/c1-14-7-5-9-16-18(14)26(4)25-20(16)22(2,3)24-21(27)17-10-6-8-15-13-23-11-12-28-19(15)17/h5-10,23H,11-13H2,1-4H3,(H,24,27). The number of carbonyl (C=O) groups excluding carboxylic acids is 1. The fourth-order valence-electron chi connectivity index (χ4n) is 3.93. The summed E-state index contributed by atoms with van der Waals surface area (Å²) in [7, 11) is 1.94.